The third-order valence-corrected chi connectivity index (χ3v) is 3.02. The fraction of sp³-hybridized carbons (Fsp3) is 0.200. The lowest BCUT2D eigenvalue weighted by atomic mass is 9.97. The van der Waals surface area contributed by atoms with Crippen molar-refractivity contribution in [3.8, 4) is 0 Å². The zero-order chi connectivity index (χ0) is 15.6. The van der Waals surface area contributed by atoms with E-state index < -0.39 is 40.7 Å². The van der Waals surface area contributed by atoms with Crippen LogP contribution in [0.2, 0.25) is 0 Å². The lowest BCUT2D eigenvalue weighted by Gasteiger charge is -2.20. The fourth-order valence-corrected chi connectivity index (χ4v) is 2.11. The molecule has 1 nitrogen and oxygen atoms in total. The molecule has 0 aliphatic heterocycles. The van der Waals surface area contributed by atoms with Crippen molar-refractivity contribution in [2.45, 2.75) is 13.0 Å². The molecule has 0 amide bonds. The van der Waals surface area contributed by atoms with Crippen molar-refractivity contribution in [1.82, 2.24) is 5.32 Å². The number of nitrogens with one attached hydrogen (secondary N) is 1. The Bertz CT molecular complexity index is 634. The smallest absolute Gasteiger partial charge is 0.159 e. The zero-order valence-corrected chi connectivity index (χ0v) is 11.1. The summed E-state index contributed by atoms with van der Waals surface area (Å²) in [6, 6.07) is 2.98. The SMILES string of the molecule is CCNC(c1ccc(F)c(F)c1)c1c(F)cc(F)cc1F. The van der Waals surface area contributed by atoms with Crippen molar-refractivity contribution in [2.24, 2.45) is 0 Å². The first-order chi connectivity index (χ1) is 9.93. The molecule has 112 valence electrons. The van der Waals surface area contributed by atoms with Gasteiger partial charge in [0.15, 0.2) is 11.6 Å². The summed E-state index contributed by atoms with van der Waals surface area (Å²) in [6.07, 6.45) is 0. The van der Waals surface area contributed by atoms with Gasteiger partial charge >= 0.3 is 0 Å². The highest BCUT2D eigenvalue weighted by molar-refractivity contribution is 5.34. The predicted molar refractivity (Wildman–Crippen MR) is 68.2 cm³/mol. The van der Waals surface area contributed by atoms with Crippen LogP contribution in [-0.2, 0) is 0 Å². The molecule has 0 aliphatic carbocycles. The second-order valence-corrected chi connectivity index (χ2v) is 4.45. The van der Waals surface area contributed by atoms with E-state index in [9.17, 15) is 22.0 Å². The van der Waals surface area contributed by atoms with E-state index in [1.807, 2.05) is 0 Å². The fourth-order valence-electron chi connectivity index (χ4n) is 2.11. The second kappa shape index (κ2) is 6.22. The summed E-state index contributed by atoms with van der Waals surface area (Å²) in [7, 11) is 0. The van der Waals surface area contributed by atoms with E-state index in [0.29, 0.717) is 18.7 Å². The lowest BCUT2D eigenvalue weighted by Crippen LogP contribution is -2.24. The van der Waals surface area contributed by atoms with Gasteiger partial charge in [0.05, 0.1) is 6.04 Å². The van der Waals surface area contributed by atoms with E-state index in [0.717, 1.165) is 12.1 Å². The minimum Gasteiger partial charge on any atom is -0.306 e. The van der Waals surface area contributed by atoms with E-state index in [4.69, 9.17) is 0 Å². The molecule has 2 aromatic carbocycles. The minimum absolute atomic E-state index is 0.139. The Morgan fingerprint density at radius 2 is 1.48 bits per heavy atom. The maximum atomic E-state index is 13.9. The molecule has 0 aromatic heterocycles. The Labute approximate surface area is 118 Å². The number of hydrogen-bond acceptors (Lipinski definition) is 1. The van der Waals surface area contributed by atoms with Crippen LogP contribution in [0.4, 0.5) is 22.0 Å². The maximum absolute atomic E-state index is 13.9. The summed E-state index contributed by atoms with van der Waals surface area (Å²) in [5.41, 5.74) is -0.301. The van der Waals surface area contributed by atoms with Gasteiger partial charge in [-0.25, -0.2) is 22.0 Å². The third-order valence-electron chi connectivity index (χ3n) is 3.02. The zero-order valence-electron chi connectivity index (χ0n) is 11.1. The average Bonchev–Trinajstić information content (AvgIpc) is 2.40. The Morgan fingerprint density at radius 1 is 0.857 bits per heavy atom. The first kappa shape index (κ1) is 15.4. The van der Waals surface area contributed by atoms with Crippen LogP contribution in [0, 0.1) is 29.1 Å². The van der Waals surface area contributed by atoms with Crippen molar-refractivity contribution in [2.75, 3.05) is 6.54 Å². The number of hydrogen-bond donors (Lipinski definition) is 1. The summed E-state index contributed by atoms with van der Waals surface area (Å²) in [4.78, 5) is 0. The van der Waals surface area contributed by atoms with Gasteiger partial charge in [-0.05, 0) is 24.2 Å². The summed E-state index contributed by atoms with van der Waals surface area (Å²) in [6.45, 7) is 2.01. The van der Waals surface area contributed by atoms with Crippen LogP contribution in [0.5, 0.6) is 0 Å². The molecule has 0 bridgehead atoms. The van der Waals surface area contributed by atoms with Crippen molar-refractivity contribution in [3.63, 3.8) is 0 Å². The molecular weight excluding hydrogens is 289 g/mol. The molecule has 1 atom stereocenters. The molecule has 0 aliphatic rings. The minimum atomic E-state index is -1.13. The molecule has 2 aromatic rings. The van der Waals surface area contributed by atoms with Gasteiger partial charge in [0.2, 0.25) is 0 Å². The van der Waals surface area contributed by atoms with E-state index in [-0.39, 0.29) is 5.56 Å². The maximum Gasteiger partial charge on any atom is 0.159 e. The van der Waals surface area contributed by atoms with Crippen molar-refractivity contribution in [3.05, 3.63) is 70.5 Å². The number of halogens is 5. The van der Waals surface area contributed by atoms with Crippen LogP contribution in [-0.4, -0.2) is 6.54 Å². The summed E-state index contributed by atoms with van der Waals surface area (Å²) in [5, 5.41) is 2.77. The Kier molecular flexibility index (Phi) is 4.57. The Morgan fingerprint density at radius 3 is 2.00 bits per heavy atom. The molecule has 6 heteroatoms. The summed E-state index contributed by atoms with van der Waals surface area (Å²) in [5.74, 6) is -5.42. The number of benzene rings is 2. The standard InChI is InChI=1S/C15H12F5N/c1-2-21-15(8-3-4-10(17)11(18)5-8)14-12(19)6-9(16)7-13(14)20/h3-7,15,21H,2H2,1H3. The monoisotopic (exact) mass is 301 g/mol. The highest BCUT2D eigenvalue weighted by Gasteiger charge is 2.23. The van der Waals surface area contributed by atoms with E-state index in [1.165, 1.54) is 6.07 Å². The molecule has 0 saturated carbocycles. The highest BCUT2D eigenvalue weighted by atomic mass is 19.2. The second-order valence-electron chi connectivity index (χ2n) is 4.45. The molecule has 0 saturated heterocycles. The molecule has 0 heterocycles. The van der Waals surface area contributed by atoms with E-state index in [1.54, 1.807) is 6.92 Å². The van der Waals surface area contributed by atoms with Crippen molar-refractivity contribution in [1.29, 1.82) is 0 Å². The van der Waals surface area contributed by atoms with E-state index in [2.05, 4.69) is 5.32 Å². The molecule has 0 radical (unpaired) electrons. The molecule has 0 spiro atoms. The van der Waals surface area contributed by atoms with Gasteiger partial charge in [-0.3, -0.25) is 0 Å². The van der Waals surface area contributed by atoms with Crippen LogP contribution in [0.15, 0.2) is 30.3 Å². The molecule has 0 fully saturated rings. The third kappa shape index (κ3) is 3.21. The lowest BCUT2D eigenvalue weighted by molar-refractivity contribution is 0.484. The molecule has 1 N–H and O–H groups in total. The van der Waals surface area contributed by atoms with Gasteiger partial charge in [-0.15, -0.1) is 0 Å². The van der Waals surface area contributed by atoms with Crippen LogP contribution in [0.3, 0.4) is 0 Å². The largest absolute Gasteiger partial charge is 0.306 e. The molecule has 21 heavy (non-hydrogen) atoms. The summed E-state index contributed by atoms with van der Waals surface area (Å²) < 4.78 is 67.0. The van der Waals surface area contributed by atoms with Gasteiger partial charge in [0.25, 0.3) is 0 Å². The highest BCUT2D eigenvalue weighted by Crippen LogP contribution is 2.28. The van der Waals surface area contributed by atoms with Crippen LogP contribution >= 0.6 is 0 Å². The van der Waals surface area contributed by atoms with Crippen LogP contribution < -0.4 is 5.32 Å². The van der Waals surface area contributed by atoms with Gasteiger partial charge < -0.3 is 5.32 Å². The molecule has 1 unspecified atom stereocenters. The normalized spacial score (nSPS) is 12.5. The molecule has 2 rings (SSSR count). The average molecular weight is 301 g/mol. The van der Waals surface area contributed by atoms with Crippen LogP contribution in [0.25, 0.3) is 0 Å². The topological polar surface area (TPSA) is 12.0 Å². The Balaban J connectivity index is 2.55. The molecular formula is C15H12F5N. The Hall–Kier alpha value is -1.95. The van der Waals surface area contributed by atoms with Crippen molar-refractivity contribution >= 4 is 0 Å². The van der Waals surface area contributed by atoms with Crippen molar-refractivity contribution < 1.29 is 22.0 Å². The van der Waals surface area contributed by atoms with Gasteiger partial charge in [-0.1, -0.05) is 13.0 Å². The van der Waals surface area contributed by atoms with Crippen LogP contribution in [0.1, 0.15) is 24.1 Å². The number of rotatable bonds is 4. The van der Waals surface area contributed by atoms with E-state index >= 15 is 0 Å². The van der Waals surface area contributed by atoms with Gasteiger partial charge in [0, 0.05) is 17.7 Å². The summed E-state index contributed by atoms with van der Waals surface area (Å²) >= 11 is 0. The first-order valence-corrected chi connectivity index (χ1v) is 6.26. The quantitative estimate of drug-likeness (QED) is 0.839. The van der Waals surface area contributed by atoms with Gasteiger partial charge in [-0.2, -0.15) is 0 Å². The van der Waals surface area contributed by atoms with Gasteiger partial charge in [0.1, 0.15) is 17.5 Å². The predicted octanol–water partition coefficient (Wildman–Crippen LogP) is 4.08. The first-order valence-electron chi connectivity index (χ1n) is 6.26.